The Morgan fingerprint density at radius 3 is 2.48 bits per heavy atom. The van der Waals surface area contributed by atoms with E-state index in [0.717, 1.165) is 12.0 Å². The van der Waals surface area contributed by atoms with Gasteiger partial charge < -0.3 is 20.3 Å². The smallest absolute Gasteiger partial charge is 0.410 e. The molecule has 27 heavy (non-hydrogen) atoms. The van der Waals surface area contributed by atoms with E-state index in [1.165, 1.54) is 0 Å². The molecule has 1 aromatic carbocycles. The van der Waals surface area contributed by atoms with Crippen LogP contribution in [0, 0.1) is 11.8 Å². The van der Waals surface area contributed by atoms with Crippen LogP contribution in [0.15, 0.2) is 30.3 Å². The lowest BCUT2D eigenvalue weighted by molar-refractivity contribution is -0.132. The van der Waals surface area contributed by atoms with Gasteiger partial charge in [-0.15, -0.1) is 0 Å². The summed E-state index contributed by atoms with van der Waals surface area (Å²) in [5.74, 6) is 0.381. The third kappa shape index (κ3) is 5.96. The molecule has 0 bridgehead atoms. The van der Waals surface area contributed by atoms with E-state index >= 15 is 0 Å². The second kappa shape index (κ2) is 9.74. The molecule has 2 N–H and O–H groups in total. The van der Waals surface area contributed by atoms with Gasteiger partial charge in [0.05, 0.1) is 6.04 Å². The Labute approximate surface area is 162 Å². The van der Waals surface area contributed by atoms with Crippen LogP contribution in [0.1, 0.15) is 39.7 Å². The first-order chi connectivity index (χ1) is 12.8. The van der Waals surface area contributed by atoms with Crippen LogP contribution in [-0.2, 0) is 16.1 Å². The van der Waals surface area contributed by atoms with Crippen LogP contribution in [0.4, 0.5) is 4.79 Å². The van der Waals surface area contributed by atoms with Crippen molar-refractivity contribution in [2.24, 2.45) is 17.6 Å². The molecule has 1 aliphatic heterocycles. The van der Waals surface area contributed by atoms with Gasteiger partial charge in [-0.1, -0.05) is 44.2 Å². The zero-order valence-corrected chi connectivity index (χ0v) is 16.9. The van der Waals surface area contributed by atoms with Gasteiger partial charge in [-0.3, -0.25) is 4.79 Å². The van der Waals surface area contributed by atoms with Gasteiger partial charge >= 0.3 is 6.09 Å². The van der Waals surface area contributed by atoms with Crippen LogP contribution in [-0.4, -0.2) is 53.5 Å². The lowest BCUT2D eigenvalue weighted by Crippen LogP contribution is -2.46. The minimum Gasteiger partial charge on any atom is -0.445 e. The number of amides is 2. The Kier molecular flexibility index (Phi) is 7.66. The first-order valence-corrected chi connectivity index (χ1v) is 9.81. The Hall–Kier alpha value is -2.08. The van der Waals surface area contributed by atoms with Crippen molar-refractivity contribution in [3.8, 4) is 0 Å². The zero-order valence-electron chi connectivity index (χ0n) is 16.9. The maximum Gasteiger partial charge on any atom is 0.410 e. The van der Waals surface area contributed by atoms with Gasteiger partial charge in [0.25, 0.3) is 0 Å². The van der Waals surface area contributed by atoms with Gasteiger partial charge in [0.15, 0.2) is 0 Å². The molecule has 0 aromatic heterocycles. The van der Waals surface area contributed by atoms with Gasteiger partial charge in [0.2, 0.25) is 5.91 Å². The molecule has 2 atom stereocenters. The number of hydrogen-bond acceptors (Lipinski definition) is 4. The summed E-state index contributed by atoms with van der Waals surface area (Å²) < 4.78 is 5.49. The fourth-order valence-corrected chi connectivity index (χ4v) is 3.25. The maximum atomic E-state index is 12.6. The second-order valence-electron chi connectivity index (χ2n) is 8.00. The van der Waals surface area contributed by atoms with Gasteiger partial charge in [0.1, 0.15) is 6.61 Å². The molecule has 1 fully saturated rings. The summed E-state index contributed by atoms with van der Waals surface area (Å²) in [7, 11) is 0. The normalized spacial score (nSPS) is 18.0. The monoisotopic (exact) mass is 375 g/mol. The summed E-state index contributed by atoms with van der Waals surface area (Å²) in [5.41, 5.74) is 6.97. The standard InChI is InChI=1S/C21H33N3O3/c1-15(2)19(22)20(25)23-11-10-18(12-23)13-24(16(3)4)21(26)27-14-17-8-6-5-7-9-17/h5-9,15-16,18-19H,10-14,22H2,1-4H3/t18-,19+/m1/s1. The third-order valence-electron chi connectivity index (χ3n) is 5.12. The van der Waals surface area contributed by atoms with Gasteiger partial charge in [-0.2, -0.15) is 0 Å². The minimum absolute atomic E-state index is 0.00949. The molecule has 0 saturated carbocycles. The first kappa shape index (κ1) is 21.2. The summed E-state index contributed by atoms with van der Waals surface area (Å²) in [4.78, 5) is 28.6. The molecule has 0 unspecified atom stereocenters. The lowest BCUT2D eigenvalue weighted by atomic mass is 10.0. The largest absolute Gasteiger partial charge is 0.445 e. The molecule has 1 saturated heterocycles. The van der Waals surface area contributed by atoms with E-state index < -0.39 is 6.04 Å². The summed E-state index contributed by atoms with van der Waals surface area (Å²) in [6, 6.07) is 9.24. The molecule has 6 nitrogen and oxygen atoms in total. The van der Waals surface area contributed by atoms with Gasteiger partial charge in [0, 0.05) is 25.7 Å². The number of hydrogen-bond donors (Lipinski definition) is 1. The first-order valence-electron chi connectivity index (χ1n) is 9.81. The second-order valence-corrected chi connectivity index (χ2v) is 8.00. The molecule has 2 amide bonds. The number of likely N-dealkylation sites (tertiary alicyclic amines) is 1. The fraction of sp³-hybridized carbons (Fsp3) is 0.619. The van der Waals surface area contributed by atoms with Crippen molar-refractivity contribution in [2.45, 2.75) is 52.8 Å². The number of rotatable bonds is 7. The summed E-state index contributed by atoms with van der Waals surface area (Å²) >= 11 is 0. The zero-order chi connectivity index (χ0) is 20.0. The van der Waals surface area contributed by atoms with Crippen molar-refractivity contribution in [3.63, 3.8) is 0 Å². The summed E-state index contributed by atoms with van der Waals surface area (Å²) in [6.07, 6.45) is 0.573. The fourth-order valence-electron chi connectivity index (χ4n) is 3.25. The predicted molar refractivity (Wildman–Crippen MR) is 106 cm³/mol. The molecule has 0 spiro atoms. The quantitative estimate of drug-likeness (QED) is 0.795. The van der Waals surface area contributed by atoms with E-state index in [4.69, 9.17) is 10.5 Å². The van der Waals surface area contributed by atoms with Crippen LogP contribution in [0.2, 0.25) is 0 Å². The molecular formula is C21H33N3O3. The van der Waals surface area contributed by atoms with Gasteiger partial charge in [-0.25, -0.2) is 4.79 Å². The lowest BCUT2D eigenvalue weighted by Gasteiger charge is -2.29. The molecule has 1 aliphatic rings. The van der Waals surface area contributed by atoms with Crippen molar-refractivity contribution in [1.29, 1.82) is 0 Å². The molecule has 0 aliphatic carbocycles. The van der Waals surface area contributed by atoms with E-state index in [-0.39, 0.29) is 36.5 Å². The van der Waals surface area contributed by atoms with Crippen LogP contribution in [0.25, 0.3) is 0 Å². The highest BCUT2D eigenvalue weighted by Crippen LogP contribution is 2.21. The number of benzene rings is 1. The number of nitrogens with zero attached hydrogens (tertiary/aromatic N) is 2. The van der Waals surface area contributed by atoms with Crippen molar-refractivity contribution >= 4 is 12.0 Å². The molecule has 0 radical (unpaired) electrons. The van der Waals surface area contributed by atoms with Gasteiger partial charge in [-0.05, 0) is 37.7 Å². The number of ether oxygens (including phenoxy) is 1. The van der Waals surface area contributed by atoms with Crippen molar-refractivity contribution < 1.29 is 14.3 Å². The van der Waals surface area contributed by atoms with Crippen LogP contribution < -0.4 is 5.73 Å². The Morgan fingerprint density at radius 1 is 1.22 bits per heavy atom. The Bertz CT molecular complexity index is 618. The average molecular weight is 376 g/mol. The average Bonchev–Trinajstić information content (AvgIpc) is 3.12. The molecule has 2 rings (SSSR count). The highest BCUT2D eigenvalue weighted by atomic mass is 16.6. The van der Waals surface area contributed by atoms with Crippen molar-refractivity contribution in [1.82, 2.24) is 9.80 Å². The van der Waals surface area contributed by atoms with Crippen LogP contribution >= 0.6 is 0 Å². The third-order valence-corrected chi connectivity index (χ3v) is 5.12. The summed E-state index contributed by atoms with van der Waals surface area (Å²) in [6.45, 7) is 10.1. The van der Waals surface area contributed by atoms with Crippen molar-refractivity contribution in [3.05, 3.63) is 35.9 Å². The number of nitrogens with two attached hydrogens (primary N) is 1. The predicted octanol–water partition coefficient (Wildman–Crippen LogP) is 2.87. The van der Waals surface area contributed by atoms with E-state index in [2.05, 4.69) is 0 Å². The SMILES string of the molecule is CC(C)[C@H](N)C(=O)N1CC[C@@H](CN(C(=O)OCc2ccccc2)C(C)C)C1. The molecular weight excluding hydrogens is 342 g/mol. The maximum absolute atomic E-state index is 12.6. The highest BCUT2D eigenvalue weighted by Gasteiger charge is 2.33. The van der Waals surface area contributed by atoms with E-state index in [1.807, 2.05) is 62.9 Å². The van der Waals surface area contributed by atoms with E-state index in [0.29, 0.717) is 19.6 Å². The van der Waals surface area contributed by atoms with E-state index in [9.17, 15) is 9.59 Å². The molecule has 6 heteroatoms. The molecule has 1 aromatic rings. The van der Waals surface area contributed by atoms with Crippen LogP contribution in [0.5, 0.6) is 0 Å². The summed E-state index contributed by atoms with van der Waals surface area (Å²) in [5, 5.41) is 0. The van der Waals surface area contributed by atoms with Crippen molar-refractivity contribution in [2.75, 3.05) is 19.6 Å². The topological polar surface area (TPSA) is 75.9 Å². The number of carbonyl (C=O) groups is 2. The molecule has 1 heterocycles. The highest BCUT2D eigenvalue weighted by molar-refractivity contribution is 5.82. The minimum atomic E-state index is -0.458. The Morgan fingerprint density at radius 2 is 1.89 bits per heavy atom. The molecule has 150 valence electrons. The Balaban J connectivity index is 1.88. The van der Waals surface area contributed by atoms with E-state index in [1.54, 1.807) is 4.90 Å². The van der Waals surface area contributed by atoms with Crippen LogP contribution in [0.3, 0.4) is 0 Å². The number of carbonyl (C=O) groups excluding carboxylic acids is 2.